The van der Waals surface area contributed by atoms with Gasteiger partial charge in [0, 0.05) is 7.05 Å². The average molecular weight is 224 g/mol. The fourth-order valence-corrected chi connectivity index (χ4v) is 0.684. The van der Waals surface area contributed by atoms with Gasteiger partial charge in [-0.05, 0) is 0 Å². The van der Waals surface area contributed by atoms with Crippen LogP contribution in [0.4, 0.5) is 13.2 Å². The lowest BCUT2D eigenvalue weighted by Crippen LogP contribution is -2.36. The van der Waals surface area contributed by atoms with Crippen LogP contribution in [-0.2, 0) is 0 Å². The Hall–Kier alpha value is -0.0200. The predicted molar refractivity (Wildman–Crippen MR) is 47.1 cm³/mol. The zero-order valence-corrected chi connectivity index (χ0v) is 8.48. The van der Waals surface area contributed by atoms with Gasteiger partial charge in [0.15, 0.2) is 0 Å². The van der Waals surface area contributed by atoms with Crippen molar-refractivity contribution in [2.75, 3.05) is 13.6 Å². The molecule has 4 nitrogen and oxygen atoms in total. The van der Waals surface area contributed by atoms with Crippen molar-refractivity contribution in [3.8, 4) is 0 Å². The molecule has 0 aliphatic carbocycles. The Kier molecular flexibility index (Phi) is 6.72. The van der Waals surface area contributed by atoms with Gasteiger partial charge in [0.05, 0.1) is 0 Å². The molecule has 0 aromatic heterocycles. The van der Waals surface area contributed by atoms with Crippen LogP contribution in [0, 0.1) is 0 Å². The lowest BCUT2D eigenvalue weighted by atomic mass is 10.6. The third-order valence-electron chi connectivity index (χ3n) is 0.861. The zero-order valence-electron chi connectivity index (χ0n) is 7.67. The van der Waals surface area contributed by atoms with Gasteiger partial charge in [0.1, 0.15) is 6.54 Å². The highest BCUT2D eigenvalue weighted by molar-refractivity contribution is 8.20. The van der Waals surface area contributed by atoms with Crippen molar-refractivity contribution in [2.45, 2.75) is 20.0 Å². The van der Waals surface area contributed by atoms with Gasteiger partial charge in [-0.25, -0.2) is 5.14 Å². The normalized spacial score (nSPS) is 13.7. The number of alkyl halides is 3. The fraction of sp³-hybridized carbons (Fsp3) is 1.00. The summed E-state index contributed by atoms with van der Waals surface area (Å²) in [5, 5.41) is 4.61. The molecule has 13 heavy (non-hydrogen) atoms. The molecule has 0 radical (unpaired) electrons. The molecule has 0 heterocycles. The highest BCUT2D eigenvalue weighted by atomic mass is 32.3. The largest absolute Gasteiger partial charge is 0.403 e. The van der Waals surface area contributed by atoms with E-state index in [4.69, 9.17) is 9.11 Å². The molecule has 0 rings (SSSR count). The first-order valence-electron chi connectivity index (χ1n) is 3.47. The Labute approximate surface area is 77.1 Å². The molecule has 0 bridgehead atoms. The van der Waals surface area contributed by atoms with E-state index in [1.54, 1.807) is 0 Å². The average Bonchev–Trinajstić information content (AvgIpc) is 1.86. The van der Waals surface area contributed by atoms with E-state index in [0.29, 0.717) is 0 Å². The number of nitrogens with zero attached hydrogens (tertiary/aromatic N) is 1. The Morgan fingerprint density at radius 3 is 1.69 bits per heavy atom. The predicted octanol–water partition coefficient (Wildman–Crippen LogP) is 2.05. The van der Waals surface area contributed by atoms with Crippen molar-refractivity contribution >= 4 is 11.0 Å². The summed E-state index contributed by atoms with van der Waals surface area (Å²) in [5.74, 6) is 0. The minimum absolute atomic E-state index is 0.243. The van der Waals surface area contributed by atoms with Crippen molar-refractivity contribution in [3.63, 3.8) is 0 Å². The molecule has 0 spiro atoms. The third-order valence-corrected chi connectivity index (χ3v) is 1.91. The smallest absolute Gasteiger partial charge is 0.273 e. The maximum Gasteiger partial charge on any atom is 0.403 e. The Bertz CT molecular complexity index is 137. The van der Waals surface area contributed by atoms with Crippen molar-refractivity contribution in [1.29, 1.82) is 0 Å². The van der Waals surface area contributed by atoms with Crippen LogP contribution in [0.1, 0.15) is 13.8 Å². The summed E-state index contributed by atoms with van der Waals surface area (Å²) in [6, 6.07) is 0. The minimum atomic E-state index is -4.47. The first kappa shape index (κ1) is 15.5. The molecule has 0 aliphatic rings. The molecular formula is C5H15F3N2O2S. The molecule has 0 unspecified atom stereocenters. The highest BCUT2D eigenvalue weighted by Crippen LogP contribution is 2.34. The summed E-state index contributed by atoms with van der Waals surface area (Å²) in [4.78, 5) is 0. The van der Waals surface area contributed by atoms with E-state index in [-0.39, 0.29) is 4.31 Å². The maximum absolute atomic E-state index is 11.5. The topological polar surface area (TPSA) is 69.7 Å². The van der Waals surface area contributed by atoms with Crippen LogP contribution < -0.4 is 5.14 Å². The van der Waals surface area contributed by atoms with Gasteiger partial charge in [0.2, 0.25) is 0 Å². The van der Waals surface area contributed by atoms with Crippen LogP contribution in [0.2, 0.25) is 0 Å². The Morgan fingerprint density at radius 1 is 1.31 bits per heavy atom. The lowest BCUT2D eigenvalue weighted by Gasteiger charge is -2.35. The summed E-state index contributed by atoms with van der Waals surface area (Å²) in [6.45, 7) is 2.56. The van der Waals surface area contributed by atoms with Crippen molar-refractivity contribution in [1.82, 2.24) is 4.31 Å². The van der Waals surface area contributed by atoms with Crippen molar-refractivity contribution in [2.24, 2.45) is 5.14 Å². The molecule has 8 heteroatoms. The van der Waals surface area contributed by atoms with Gasteiger partial charge in [-0.3, -0.25) is 9.11 Å². The van der Waals surface area contributed by atoms with Crippen molar-refractivity contribution in [3.05, 3.63) is 0 Å². The van der Waals surface area contributed by atoms with Crippen LogP contribution in [-0.4, -0.2) is 33.2 Å². The van der Waals surface area contributed by atoms with Gasteiger partial charge in [-0.1, -0.05) is 24.8 Å². The molecular weight excluding hydrogens is 209 g/mol. The third kappa shape index (κ3) is 9.90. The lowest BCUT2D eigenvalue weighted by molar-refractivity contribution is -0.135. The Balaban J connectivity index is 0. The molecule has 84 valence electrons. The van der Waals surface area contributed by atoms with E-state index >= 15 is 0 Å². The monoisotopic (exact) mass is 224 g/mol. The molecule has 0 fully saturated rings. The molecule has 0 aliphatic heterocycles. The van der Waals surface area contributed by atoms with Crippen LogP contribution in [0.5, 0.6) is 0 Å². The van der Waals surface area contributed by atoms with E-state index < -0.39 is 23.7 Å². The number of rotatable bonds is 2. The number of halogens is 3. The van der Waals surface area contributed by atoms with E-state index in [2.05, 4.69) is 5.14 Å². The second kappa shape index (κ2) is 5.66. The minimum Gasteiger partial charge on any atom is -0.273 e. The first-order valence-corrected chi connectivity index (χ1v) is 5.03. The van der Waals surface area contributed by atoms with Gasteiger partial charge in [0.25, 0.3) is 0 Å². The second-order valence-electron chi connectivity index (χ2n) is 1.96. The van der Waals surface area contributed by atoms with Crippen LogP contribution in [0.3, 0.4) is 0 Å². The van der Waals surface area contributed by atoms with Gasteiger partial charge >= 0.3 is 6.18 Å². The molecule has 0 saturated heterocycles. The molecule has 0 atom stereocenters. The van der Waals surface area contributed by atoms with E-state index in [1.165, 1.54) is 0 Å². The number of nitrogens with two attached hydrogens (primary N) is 1. The highest BCUT2D eigenvalue weighted by Gasteiger charge is 2.32. The van der Waals surface area contributed by atoms with E-state index in [9.17, 15) is 13.2 Å². The summed E-state index contributed by atoms with van der Waals surface area (Å²) in [6.07, 6.45) is -4.47. The first-order chi connectivity index (χ1) is 5.63. The maximum atomic E-state index is 11.5. The fourth-order valence-electron chi connectivity index (χ4n) is 0.347. The van der Waals surface area contributed by atoms with Crippen LogP contribution in [0.15, 0.2) is 0 Å². The molecule has 0 saturated carbocycles. The number of hydrogen-bond donors (Lipinski definition) is 3. The van der Waals surface area contributed by atoms with E-state index in [1.807, 2.05) is 13.8 Å². The van der Waals surface area contributed by atoms with Crippen LogP contribution in [0.25, 0.3) is 0 Å². The quantitative estimate of drug-likeness (QED) is 0.671. The standard InChI is InChI=1S/C3H9F3N2O2S.C2H6/c1-8(11(7,9)10)2-3(4,5)6;1-2/h9-10H,2,7H2,1H3;1-2H3. The summed E-state index contributed by atoms with van der Waals surface area (Å²) in [7, 11) is -2.84. The molecule has 0 aromatic carbocycles. The van der Waals surface area contributed by atoms with Gasteiger partial charge in [-0.15, -0.1) is 0 Å². The Morgan fingerprint density at radius 2 is 1.62 bits per heavy atom. The molecule has 0 amide bonds. The SMILES string of the molecule is CC.CN(CC(F)(F)F)S(N)(O)O. The van der Waals surface area contributed by atoms with Gasteiger partial charge in [-0.2, -0.15) is 17.5 Å². The number of hydrogen-bond acceptors (Lipinski definition) is 4. The summed E-state index contributed by atoms with van der Waals surface area (Å²) < 4.78 is 51.8. The van der Waals surface area contributed by atoms with Crippen molar-refractivity contribution < 1.29 is 22.3 Å². The zero-order chi connectivity index (χ0) is 11.3. The van der Waals surface area contributed by atoms with E-state index in [0.717, 1.165) is 7.05 Å². The second-order valence-corrected chi connectivity index (χ2v) is 3.71. The summed E-state index contributed by atoms with van der Waals surface area (Å²) >= 11 is 0. The van der Waals surface area contributed by atoms with Crippen LogP contribution >= 0.6 is 11.0 Å². The van der Waals surface area contributed by atoms with Gasteiger partial charge < -0.3 is 0 Å². The summed E-state index contributed by atoms with van der Waals surface area (Å²) in [5.41, 5.74) is 0. The molecule has 0 aromatic rings. The molecule has 4 N–H and O–H groups in total.